The van der Waals surface area contributed by atoms with E-state index < -0.39 is 18.0 Å². The molecule has 15 heavy (non-hydrogen) atoms. The molecule has 88 valence electrons. The lowest BCUT2D eigenvalue weighted by molar-refractivity contribution is -0.125. The Morgan fingerprint density at radius 2 is 1.87 bits per heavy atom. The molecule has 0 spiro atoms. The van der Waals surface area contributed by atoms with Gasteiger partial charge in [-0.3, -0.25) is 15.0 Å². The van der Waals surface area contributed by atoms with Crippen LogP contribution >= 0.6 is 0 Å². The molecule has 0 saturated heterocycles. The van der Waals surface area contributed by atoms with E-state index >= 15 is 0 Å². The standard InChI is InChI=1S/C9H20N4O2/c1-6(2)13(5-4-10)7(3)8(14)12-9(11)15/h6-7H,4-5,10H2,1-3H3,(H3,11,12,14,15). The highest BCUT2D eigenvalue weighted by Gasteiger charge is 2.23. The minimum absolute atomic E-state index is 0.183. The second-order valence-corrected chi connectivity index (χ2v) is 3.65. The van der Waals surface area contributed by atoms with Crippen LogP contribution in [-0.2, 0) is 4.79 Å². The first-order chi connectivity index (χ1) is 6.90. The van der Waals surface area contributed by atoms with Crippen LogP contribution in [0.3, 0.4) is 0 Å². The van der Waals surface area contributed by atoms with E-state index in [4.69, 9.17) is 11.5 Å². The van der Waals surface area contributed by atoms with Gasteiger partial charge in [0.25, 0.3) is 0 Å². The van der Waals surface area contributed by atoms with E-state index in [2.05, 4.69) is 5.32 Å². The zero-order chi connectivity index (χ0) is 12.0. The van der Waals surface area contributed by atoms with Crippen LogP contribution in [0.4, 0.5) is 4.79 Å². The molecule has 3 amide bonds. The van der Waals surface area contributed by atoms with Crippen molar-refractivity contribution in [3.05, 3.63) is 0 Å². The fraction of sp³-hybridized carbons (Fsp3) is 0.778. The number of urea groups is 1. The maximum atomic E-state index is 11.5. The van der Waals surface area contributed by atoms with E-state index in [-0.39, 0.29) is 6.04 Å². The first kappa shape index (κ1) is 13.9. The molecule has 0 heterocycles. The number of nitrogens with two attached hydrogens (primary N) is 2. The fourth-order valence-electron chi connectivity index (χ4n) is 1.42. The van der Waals surface area contributed by atoms with E-state index in [0.29, 0.717) is 13.1 Å². The number of carbonyl (C=O) groups is 2. The molecule has 0 fully saturated rings. The van der Waals surface area contributed by atoms with Gasteiger partial charge >= 0.3 is 6.03 Å². The Kier molecular flexibility index (Phi) is 5.88. The van der Waals surface area contributed by atoms with Crippen molar-refractivity contribution in [3.63, 3.8) is 0 Å². The first-order valence-corrected chi connectivity index (χ1v) is 4.96. The number of nitrogens with one attached hydrogen (secondary N) is 1. The van der Waals surface area contributed by atoms with Gasteiger partial charge in [-0.1, -0.05) is 0 Å². The van der Waals surface area contributed by atoms with Gasteiger partial charge in [-0.05, 0) is 20.8 Å². The predicted molar refractivity (Wildman–Crippen MR) is 58.1 cm³/mol. The molecular weight excluding hydrogens is 196 g/mol. The minimum Gasteiger partial charge on any atom is -0.351 e. The third-order valence-electron chi connectivity index (χ3n) is 2.17. The van der Waals surface area contributed by atoms with Crippen LogP contribution in [0.2, 0.25) is 0 Å². The van der Waals surface area contributed by atoms with Gasteiger partial charge in [0.2, 0.25) is 5.91 Å². The molecule has 6 nitrogen and oxygen atoms in total. The Balaban J connectivity index is 4.41. The molecule has 5 N–H and O–H groups in total. The molecule has 0 radical (unpaired) electrons. The van der Waals surface area contributed by atoms with Gasteiger partial charge in [0.1, 0.15) is 0 Å². The maximum Gasteiger partial charge on any atom is 0.318 e. The monoisotopic (exact) mass is 216 g/mol. The number of hydrogen-bond acceptors (Lipinski definition) is 4. The highest BCUT2D eigenvalue weighted by molar-refractivity contribution is 5.96. The highest BCUT2D eigenvalue weighted by atomic mass is 16.2. The molecule has 0 bridgehead atoms. The van der Waals surface area contributed by atoms with Crippen LogP contribution in [0.1, 0.15) is 20.8 Å². The number of rotatable bonds is 5. The van der Waals surface area contributed by atoms with Crippen molar-refractivity contribution in [2.75, 3.05) is 13.1 Å². The van der Waals surface area contributed by atoms with Crippen LogP contribution < -0.4 is 16.8 Å². The summed E-state index contributed by atoms with van der Waals surface area (Å²) in [7, 11) is 0. The number of amides is 3. The van der Waals surface area contributed by atoms with Gasteiger partial charge < -0.3 is 11.5 Å². The van der Waals surface area contributed by atoms with Crippen LogP contribution in [0, 0.1) is 0 Å². The van der Waals surface area contributed by atoms with Gasteiger partial charge in [-0.2, -0.15) is 0 Å². The van der Waals surface area contributed by atoms with Crippen molar-refractivity contribution < 1.29 is 9.59 Å². The number of hydrogen-bond donors (Lipinski definition) is 3. The quantitative estimate of drug-likeness (QED) is 0.562. The number of primary amides is 1. The average molecular weight is 216 g/mol. The molecule has 0 aliphatic heterocycles. The molecule has 0 aliphatic rings. The van der Waals surface area contributed by atoms with Crippen molar-refractivity contribution in [3.8, 4) is 0 Å². The maximum absolute atomic E-state index is 11.5. The third-order valence-corrected chi connectivity index (χ3v) is 2.17. The Hall–Kier alpha value is -1.14. The van der Waals surface area contributed by atoms with E-state index in [0.717, 1.165) is 0 Å². The van der Waals surface area contributed by atoms with Crippen molar-refractivity contribution in [1.29, 1.82) is 0 Å². The summed E-state index contributed by atoms with van der Waals surface area (Å²) in [6.07, 6.45) is 0. The first-order valence-electron chi connectivity index (χ1n) is 4.96. The topological polar surface area (TPSA) is 101 Å². The van der Waals surface area contributed by atoms with Gasteiger partial charge in [0.05, 0.1) is 6.04 Å². The zero-order valence-corrected chi connectivity index (χ0v) is 9.49. The van der Waals surface area contributed by atoms with E-state index in [1.165, 1.54) is 0 Å². The lowest BCUT2D eigenvalue weighted by Crippen LogP contribution is -2.51. The average Bonchev–Trinajstić information content (AvgIpc) is 2.11. The molecule has 0 saturated carbocycles. The molecule has 1 unspecified atom stereocenters. The molecular formula is C9H20N4O2. The van der Waals surface area contributed by atoms with E-state index in [1.54, 1.807) is 6.92 Å². The second-order valence-electron chi connectivity index (χ2n) is 3.65. The summed E-state index contributed by atoms with van der Waals surface area (Å²) >= 11 is 0. The summed E-state index contributed by atoms with van der Waals surface area (Å²) in [6.45, 7) is 6.71. The second kappa shape index (κ2) is 6.36. The van der Waals surface area contributed by atoms with Gasteiger partial charge in [0.15, 0.2) is 0 Å². The molecule has 0 aliphatic carbocycles. The summed E-state index contributed by atoms with van der Waals surface area (Å²) in [5.74, 6) is -0.398. The van der Waals surface area contributed by atoms with Gasteiger partial charge in [-0.15, -0.1) is 0 Å². The SMILES string of the molecule is CC(C)N(CCN)C(C)C(=O)NC(N)=O. The van der Waals surface area contributed by atoms with Crippen LogP contribution in [0.15, 0.2) is 0 Å². The largest absolute Gasteiger partial charge is 0.351 e. The normalized spacial score (nSPS) is 12.9. The number of carbonyl (C=O) groups excluding carboxylic acids is 2. The minimum atomic E-state index is -0.830. The van der Waals surface area contributed by atoms with Crippen molar-refractivity contribution in [1.82, 2.24) is 10.2 Å². The van der Waals surface area contributed by atoms with Crippen LogP contribution in [0.25, 0.3) is 0 Å². The number of imide groups is 1. The third kappa shape index (κ3) is 4.75. The highest BCUT2D eigenvalue weighted by Crippen LogP contribution is 2.04. The Morgan fingerprint density at radius 3 is 2.20 bits per heavy atom. The van der Waals surface area contributed by atoms with Crippen molar-refractivity contribution in [2.45, 2.75) is 32.9 Å². The molecule has 6 heteroatoms. The lowest BCUT2D eigenvalue weighted by Gasteiger charge is -2.30. The summed E-state index contributed by atoms with van der Waals surface area (Å²) < 4.78 is 0. The molecule has 0 aromatic carbocycles. The van der Waals surface area contributed by atoms with Crippen molar-refractivity contribution >= 4 is 11.9 Å². The summed E-state index contributed by atoms with van der Waals surface area (Å²) in [4.78, 5) is 23.9. The van der Waals surface area contributed by atoms with Gasteiger partial charge in [0, 0.05) is 19.1 Å². The summed E-state index contributed by atoms with van der Waals surface area (Å²) in [5.41, 5.74) is 10.3. The van der Waals surface area contributed by atoms with Crippen LogP contribution in [-0.4, -0.2) is 42.0 Å². The molecule has 0 aromatic heterocycles. The Labute approximate surface area is 90.0 Å². The number of nitrogens with zero attached hydrogens (tertiary/aromatic N) is 1. The summed E-state index contributed by atoms with van der Waals surface area (Å²) in [6, 6.07) is -1.06. The smallest absolute Gasteiger partial charge is 0.318 e. The zero-order valence-electron chi connectivity index (χ0n) is 9.49. The Morgan fingerprint density at radius 1 is 1.33 bits per heavy atom. The predicted octanol–water partition coefficient (Wildman–Crippen LogP) is -0.761. The van der Waals surface area contributed by atoms with E-state index in [9.17, 15) is 9.59 Å². The lowest BCUT2D eigenvalue weighted by atomic mass is 10.2. The molecule has 0 rings (SSSR count). The van der Waals surface area contributed by atoms with Crippen LogP contribution in [0.5, 0.6) is 0 Å². The Bertz CT molecular complexity index is 230. The van der Waals surface area contributed by atoms with Gasteiger partial charge in [-0.25, -0.2) is 4.79 Å². The van der Waals surface area contributed by atoms with E-state index in [1.807, 2.05) is 18.7 Å². The molecule has 0 aromatic rings. The fourth-order valence-corrected chi connectivity index (χ4v) is 1.42. The molecule has 1 atom stereocenters. The van der Waals surface area contributed by atoms with Crippen molar-refractivity contribution in [2.24, 2.45) is 11.5 Å². The summed E-state index contributed by atoms with van der Waals surface area (Å²) in [5, 5.41) is 2.05.